The lowest BCUT2D eigenvalue weighted by Gasteiger charge is -2.33. The van der Waals surface area contributed by atoms with Gasteiger partial charge >= 0.3 is 0 Å². The summed E-state index contributed by atoms with van der Waals surface area (Å²) in [5.74, 6) is 0.0475. The van der Waals surface area contributed by atoms with E-state index in [1.165, 1.54) is 12.1 Å². The maximum atomic E-state index is 13.2. The summed E-state index contributed by atoms with van der Waals surface area (Å²) < 4.78 is 26.0. The predicted molar refractivity (Wildman–Crippen MR) is 55.4 cm³/mol. The lowest BCUT2D eigenvalue weighted by molar-refractivity contribution is 0.239. The average Bonchev–Trinajstić information content (AvgIpc) is 2.16. The topological polar surface area (TPSA) is 12.0 Å². The zero-order chi connectivity index (χ0) is 10.8. The molecule has 1 aromatic carbocycles. The number of hydrogen-bond acceptors (Lipinski definition) is 1. The molecule has 0 bridgehead atoms. The van der Waals surface area contributed by atoms with Gasteiger partial charge in [-0.3, -0.25) is 0 Å². The minimum absolute atomic E-state index is 0.337. The van der Waals surface area contributed by atoms with Gasteiger partial charge in [-0.25, -0.2) is 8.78 Å². The fraction of sp³-hybridized carbons (Fsp3) is 0.500. The highest BCUT2D eigenvalue weighted by atomic mass is 19.1. The first-order chi connectivity index (χ1) is 7.15. The molecular formula is C12H15F2N. The van der Waals surface area contributed by atoms with Gasteiger partial charge in [0.25, 0.3) is 0 Å². The Morgan fingerprint density at radius 2 is 2.07 bits per heavy atom. The fourth-order valence-electron chi connectivity index (χ4n) is 2.00. The lowest BCUT2D eigenvalue weighted by atomic mass is 9.82. The average molecular weight is 211 g/mol. The molecule has 1 nitrogen and oxygen atoms in total. The predicted octanol–water partition coefficient (Wildman–Crippen LogP) is 2.85. The van der Waals surface area contributed by atoms with Gasteiger partial charge in [-0.05, 0) is 37.0 Å². The van der Waals surface area contributed by atoms with E-state index in [0.29, 0.717) is 18.2 Å². The van der Waals surface area contributed by atoms with Crippen LogP contribution in [0, 0.1) is 17.6 Å². The molecule has 0 heterocycles. The first-order valence-corrected chi connectivity index (χ1v) is 5.32. The molecule has 0 saturated heterocycles. The van der Waals surface area contributed by atoms with Crippen molar-refractivity contribution < 1.29 is 8.78 Å². The van der Waals surface area contributed by atoms with E-state index in [-0.39, 0.29) is 11.6 Å². The van der Waals surface area contributed by atoms with Crippen LogP contribution >= 0.6 is 0 Å². The summed E-state index contributed by atoms with van der Waals surface area (Å²) in [7, 11) is 0. The molecule has 2 rings (SSSR count). The molecule has 15 heavy (non-hydrogen) atoms. The van der Waals surface area contributed by atoms with Crippen molar-refractivity contribution in [3.05, 3.63) is 35.4 Å². The first kappa shape index (κ1) is 10.6. The van der Waals surface area contributed by atoms with Crippen molar-refractivity contribution in [2.24, 2.45) is 5.92 Å². The van der Waals surface area contributed by atoms with Crippen LogP contribution in [0.3, 0.4) is 0 Å². The Kier molecular flexibility index (Phi) is 3.00. The van der Waals surface area contributed by atoms with Gasteiger partial charge in [0, 0.05) is 18.2 Å². The normalized spacial score (nSPS) is 25.0. The van der Waals surface area contributed by atoms with Gasteiger partial charge in [0.05, 0.1) is 0 Å². The van der Waals surface area contributed by atoms with E-state index in [9.17, 15) is 8.78 Å². The molecule has 0 unspecified atom stereocenters. The van der Waals surface area contributed by atoms with Gasteiger partial charge in [0.2, 0.25) is 0 Å². The number of benzene rings is 1. The zero-order valence-corrected chi connectivity index (χ0v) is 8.76. The molecule has 0 spiro atoms. The lowest BCUT2D eigenvalue weighted by Crippen LogP contribution is -2.39. The molecule has 1 aliphatic carbocycles. The van der Waals surface area contributed by atoms with Crippen molar-refractivity contribution in [3.8, 4) is 0 Å². The van der Waals surface area contributed by atoms with Crippen LogP contribution in [0.25, 0.3) is 0 Å². The summed E-state index contributed by atoms with van der Waals surface area (Å²) in [4.78, 5) is 0. The second-order valence-electron chi connectivity index (χ2n) is 4.39. The van der Waals surface area contributed by atoms with E-state index in [2.05, 4.69) is 12.2 Å². The van der Waals surface area contributed by atoms with Crippen LogP contribution in [-0.2, 0) is 6.54 Å². The summed E-state index contributed by atoms with van der Waals surface area (Å²) in [6, 6.07) is 4.05. The standard InChI is InChI=1S/C12H15F2N/c1-8-4-11(5-8)15-7-9-6-10(13)2-3-12(9)14/h2-3,6,8,11,15H,4-5,7H2,1H3. The molecule has 1 aliphatic rings. The van der Waals surface area contributed by atoms with Crippen LogP contribution in [-0.4, -0.2) is 6.04 Å². The van der Waals surface area contributed by atoms with E-state index >= 15 is 0 Å². The molecule has 1 fully saturated rings. The minimum Gasteiger partial charge on any atom is -0.310 e. The molecule has 0 aromatic heterocycles. The quantitative estimate of drug-likeness (QED) is 0.810. The fourth-order valence-corrected chi connectivity index (χ4v) is 2.00. The molecule has 0 radical (unpaired) electrons. The van der Waals surface area contributed by atoms with Gasteiger partial charge in [-0.2, -0.15) is 0 Å². The minimum atomic E-state index is -0.379. The van der Waals surface area contributed by atoms with Gasteiger partial charge in [-0.1, -0.05) is 6.92 Å². The van der Waals surface area contributed by atoms with Gasteiger partial charge in [0.15, 0.2) is 0 Å². The smallest absolute Gasteiger partial charge is 0.127 e. The Morgan fingerprint density at radius 3 is 2.73 bits per heavy atom. The summed E-state index contributed by atoms with van der Waals surface area (Å²) in [5.41, 5.74) is 0.412. The van der Waals surface area contributed by atoms with Crippen LogP contribution in [0.5, 0.6) is 0 Å². The van der Waals surface area contributed by atoms with Crippen LogP contribution in [0.2, 0.25) is 0 Å². The van der Waals surface area contributed by atoms with E-state index in [0.717, 1.165) is 24.8 Å². The van der Waals surface area contributed by atoms with Crippen LogP contribution < -0.4 is 5.32 Å². The van der Waals surface area contributed by atoms with Crippen LogP contribution in [0.15, 0.2) is 18.2 Å². The van der Waals surface area contributed by atoms with Crippen molar-refractivity contribution in [1.29, 1.82) is 0 Å². The molecule has 0 atom stereocenters. The molecule has 3 heteroatoms. The van der Waals surface area contributed by atoms with Crippen LogP contribution in [0.4, 0.5) is 8.78 Å². The van der Waals surface area contributed by atoms with Crippen molar-refractivity contribution >= 4 is 0 Å². The summed E-state index contributed by atoms with van der Waals surface area (Å²) in [6.07, 6.45) is 2.27. The maximum Gasteiger partial charge on any atom is 0.127 e. The largest absolute Gasteiger partial charge is 0.310 e. The zero-order valence-electron chi connectivity index (χ0n) is 8.76. The van der Waals surface area contributed by atoms with Gasteiger partial charge < -0.3 is 5.32 Å². The Balaban J connectivity index is 1.90. The second-order valence-corrected chi connectivity index (χ2v) is 4.39. The maximum absolute atomic E-state index is 13.2. The molecule has 0 aliphatic heterocycles. The number of rotatable bonds is 3. The van der Waals surface area contributed by atoms with E-state index < -0.39 is 0 Å². The highest BCUT2D eigenvalue weighted by molar-refractivity contribution is 5.18. The van der Waals surface area contributed by atoms with Crippen LogP contribution in [0.1, 0.15) is 25.3 Å². The Bertz CT molecular complexity index is 345. The molecular weight excluding hydrogens is 196 g/mol. The molecule has 1 N–H and O–H groups in total. The second kappa shape index (κ2) is 4.27. The molecule has 1 saturated carbocycles. The van der Waals surface area contributed by atoms with Crippen molar-refractivity contribution in [3.63, 3.8) is 0 Å². The number of halogens is 2. The molecule has 1 aromatic rings. The summed E-state index contributed by atoms with van der Waals surface area (Å²) >= 11 is 0. The Labute approximate surface area is 88.5 Å². The summed E-state index contributed by atoms with van der Waals surface area (Å²) in [5, 5.41) is 3.23. The third-order valence-corrected chi connectivity index (χ3v) is 2.96. The summed E-state index contributed by atoms with van der Waals surface area (Å²) in [6.45, 7) is 2.61. The monoisotopic (exact) mass is 211 g/mol. The first-order valence-electron chi connectivity index (χ1n) is 5.32. The van der Waals surface area contributed by atoms with Crippen molar-refractivity contribution in [1.82, 2.24) is 5.32 Å². The third kappa shape index (κ3) is 2.53. The highest BCUT2D eigenvalue weighted by Gasteiger charge is 2.24. The molecule has 82 valence electrons. The van der Waals surface area contributed by atoms with E-state index in [1.54, 1.807) is 0 Å². The van der Waals surface area contributed by atoms with Gasteiger partial charge in [0.1, 0.15) is 11.6 Å². The van der Waals surface area contributed by atoms with Crippen molar-refractivity contribution in [2.45, 2.75) is 32.4 Å². The number of nitrogens with one attached hydrogen (secondary N) is 1. The third-order valence-electron chi connectivity index (χ3n) is 2.96. The Hall–Kier alpha value is -0.960. The Morgan fingerprint density at radius 1 is 1.33 bits per heavy atom. The van der Waals surface area contributed by atoms with Crippen molar-refractivity contribution in [2.75, 3.05) is 0 Å². The highest BCUT2D eigenvalue weighted by Crippen LogP contribution is 2.26. The number of hydrogen-bond donors (Lipinski definition) is 1. The van der Waals surface area contributed by atoms with E-state index in [4.69, 9.17) is 0 Å². The molecule has 0 amide bonds. The van der Waals surface area contributed by atoms with E-state index in [1.807, 2.05) is 0 Å². The SMILES string of the molecule is CC1CC(NCc2cc(F)ccc2F)C1. The van der Waals surface area contributed by atoms with Gasteiger partial charge in [-0.15, -0.1) is 0 Å².